The van der Waals surface area contributed by atoms with Gasteiger partial charge in [0.05, 0.1) is 5.56 Å². The largest absolute Gasteiger partial charge is 0.485 e. The molecule has 0 saturated carbocycles. The summed E-state index contributed by atoms with van der Waals surface area (Å²) in [7, 11) is 0. The Labute approximate surface area is 150 Å². The van der Waals surface area contributed by atoms with E-state index in [9.17, 15) is 9.59 Å². The maximum absolute atomic E-state index is 12.4. The molecule has 0 aliphatic carbocycles. The van der Waals surface area contributed by atoms with Crippen LogP contribution in [0.5, 0.6) is 5.75 Å². The van der Waals surface area contributed by atoms with Crippen LogP contribution in [0.3, 0.4) is 0 Å². The van der Waals surface area contributed by atoms with Gasteiger partial charge in [-0.15, -0.1) is 0 Å². The minimum atomic E-state index is -0.820. The minimum Gasteiger partial charge on any atom is -0.485 e. The highest BCUT2D eigenvalue weighted by atomic mass is 16.6. The summed E-state index contributed by atoms with van der Waals surface area (Å²) in [5, 5.41) is 0.840. The topological polar surface area (TPSA) is 65.7 Å². The Bertz CT molecular complexity index is 1030. The Kier molecular flexibility index (Phi) is 3.80. The molecule has 5 nitrogen and oxygen atoms in total. The van der Waals surface area contributed by atoms with Crippen molar-refractivity contribution in [3.8, 4) is 5.75 Å². The van der Waals surface area contributed by atoms with Crippen LogP contribution in [0.15, 0.2) is 63.8 Å². The number of hydrogen-bond donors (Lipinski definition) is 0. The molecule has 2 heterocycles. The first kappa shape index (κ1) is 16.4. The molecule has 26 heavy (non-hydrogen) atoms. The van der Waals surface area contributed by atoms with Crippen molar-refractivity contribution in [2.24, 2.45) is 0 Å². The molecule has 0 unspecified atom stereocenters. The number of carbonyl (C=O) groups is 1. The van der Waals surface area contributed by atoms with Crippen molar-refractivity contribution in [2.75, 3.05) is 0 Å². The van der Waals surface area contributed by atoms with Crippen LogP contribution in [0.1, 0.15) is 29.8 Å². The van der Waals surface area contributed by atoms with Gasteiger partial charge in [-0.25, -0.2) is 9.59 Å². The summed E-state index contributed by atoms with van der Waals surface area (Å²) < 4.78 is 16.9. The summed E-state index contributed by atoms with van der Waals surface area (Å²) in [6.07, 6.45) is 0.285. The van der Waals surface area contributed by atoms with Gasteiger partial charge >= 0.3 is 11.6 Å². The molecule has 0 bridgehead atoms. The van der Waals surface area contributed by atoms with E-state index in [4.69, 9.17) is 13.9 Å². The second-order valence-electron chi connectivity index (χ2n) is 6.92. The Morgan fingerprint density at radius 1 is 1.12 bits per heavy atom. The first-order valence-corrected chi connectivity index (χ1v) is 8.44. The summed E-state index contributed by atoms with van der Waals surface area (Å²) in [5.74, 6) is 0.270. The zero-order chi connectivity index (χ0) is 18.3. The SMILES string of the molecule is CC(C)(OC(=O)c1ccccc1)[C@H]1Cc2cc3ccc(=O)oc3cc2O1. The molecule has 1 aromatic heterocycles. The molecule has 0 amide bonds. The highest BCUT2D eigenvalue weighted by molar-refractivity contribution is 5.89. The van der Waals surface area contributed by atoms with E-state index in [1.54, 1.807) is 36.4 Å². The van der Waals surface area contributed by atoms with Gasteiger partial charge in [0.2, 0.25) is 0 Å². The molecule has 132 valence electrons. The lowest BCUT2D eigenvalue weighted by atomic mass is 9.96. The zero-order valence-electron chi connectivity index (χ0n) is 14.5. The number of hydrogen-bond acceptors (Lipinski definition) is 5. The van der Waals surface area contributed by atoms with Crippen LogP contribution in [0, 0.1) is 0 Å². The van der Waals surface area contributed by atoms with Crippen molar-refractivity contribution >= 4 is 16.9 Å². The maximum Gasteiger partial charge on any atom is 0.338 e. The third kappa shape index (κ3) is 2.96. The molecule has 0 spiro atoms. The molecule has 1 atom stereocenters. The van der Waals surface area contributed by atoms with Gasteiger partial charge in [0.1, 0.15) is 23.0 Å². The lowest BCUT2D eigenvalue weighted by molar-refractivity contribution is -0.0517. The number of rotatable bonds is 3. The monoisotopic (exact) mass is 350 g/mol. The van der Waals surface area contributed by atoms with Gasteiger partial charge in [0.15, 0.2) is 0 Å². The van der Waals surface area contributed by atoms with E-state index in [1.165, 1.54) is 6.07 Å². The molecule has 0 fully saturated rings. The second kappa shape index (κ2) is 6.02. The van der Waals surface area contributed by atoms with Gasteiger partial charge in [-0.3, -0.25) is 0 Å². The van der Waals surface area contributed by atoms with Crippen LogP contribution in [0.2, 0.25) is 0 Å². The van der Waals surface area contributed by atoms with E-state index in [2.05, 4.69) is 0 Å². The van der Waals surface area contributed by atoms with E-state index in [0.29, 0.717) is 23.3 Å². The number of ether oxygens (including phenoxy) is 2. The molecule has 0 saturated heterocycles. The normalized spacial score (nSPS) is 16.2. The highest BCUT2D eigenvalue weighted by Gasteiger charge is 2.40. The van der Waals surface area contributed by atoms with E-state index in [0.717, 1.165) is 10.9 Å². The zero-order valence-corrected chi connectivity index (χ0v) is 14.5. The standard InChI is InChI=1S/C21H18O5/c1-21(2,26-20(23)13-6-4-3-5-7-13)18-11-15-10-14-8-9-19(22)25-16(14)12-17(15)24-18/h3-10,12,18H,11H2,1-2H3/t18-/m1/s1. The molecule has 2 aromatic carbocycles. The highest BCUT2D eigenvalue weighted by Crippen LogP contribution is 2.37. The number of benzene rings is 2. The second-order valence-corrected chi connectivity index (χ2v) is 6.92. The molecule has 4 rings (SSSR count). The quantitative estimate of drug-likeness (QED) is 0.532. The Hall–Kier alpha value is -3.08. The fourth-order valence-electron chi connectivity index (χ4n) is 3.13. The third-order valence-corrected chi connectivity index (χ3v) is 4.62. The van der Waals surface area contributed by atoms with Crippen molar-refractivity contribution in [3.63, 3.8) is 0 Å². The molecular weight excluding hydrogens is 332 g/mol. The summed E-state index contributed by atoms with van der Waals surface area (Å²) in [6.45, 7) is 3.68. The van der Waals surface area contributed by atoms with Gasteiger partial charge in [-0.05, 0) is 43.7 Å². The average Bonchev–Trinajstić information content (AvgIpc) is 3.04. The van der Waals surface area contributed by atoms with Crippen LogP contribution < -0.4 is 10.4 Å². The van der Waals surface area contributed by atoms with Gasteiger partial charge in [0.25, 0.3) is 0 Å². The molecule has 0 radical (unpaired) electrons. The van der Waals surface area contributed by atoms with E-state index < -0.39 is 11.2 Å². The summed E-state index contributed by atoms with van der Waals surface area (Å²) in [4.78, 5) is 23.8. The molecule has 5 heteroatoms. The predicted octanol–water partition coefficient (Wildman–Crippen LogP) is 3.73. The van der Waals surface area contributed by atoms with E-state index in [-0.39, 0.29) is 12.1 Å². The fourth-order valence-corrected chi connectivity index (χ4v) is 3.13. The van der Waals surface area contributed by atoms with E-state index in [1.807, 2.05) is 26.0 Å². The van der Waals surface area contributed by atoms with Gasteiger partial charge in [0, 0.05) is 23.9 Å². The third-order valence-electron chi connectivity index (χ3n) is 4.62. The smallest absolute Gasteiger partial charge is 0.338 e. The van der Waals surface area contributed by atoms with Crippen molar-refractivity contribution in [3.05, 3.63) is 76.1 Å². The Morgan fingerprint density at radius 2 is 1.88 bits per heavy atom. The Balaban J connectivity index is 1.57. The lowest BCUT2D eigenvalue weighted by Crippen LogP contribution is -2.43. The summed E-state index contributed by atoms with van der Waals surface area (Å²) >= 11 is 0. The van der Waals surface area contributed by atoms with Crippen LogP contribution in [0.25, 0.3) is 11.0 Å². The lowest BCUT2D eigenvalue weighted by Gasteiger charge is -2.30. The van der Waals surface area contributed by atoms with Crippen LogP contribution in [0.4, 0.5) is 0 Å². The molecular formula is C21H18O5. The molecule has 0 N–H and O–H groups in total. The Morgan fingerprint density at radius 3 is 2.65 bits per heavy atom. The predicted molar refractivity (Wildman–Crippen MR) is 96.5 cm³/mol. The first-order chi connectivity index (χ1) is 12.4. The van der Waals surface area contributed by atoms with Crippen molar-refractivity contribution in [1.82, 2.24) is 0 Å². The van der Waals surface area contributed by atoms with Crippen molar-refractivity contribution in [2.45, 2.75) is 32.0 Å². The van der Waals surface area contributed by atoms with Gasteiger partial charge in [-0.2, -0.15) is 0 Å². The number of carbonyl (C=O) groups excluding carboxylic acids is 1. The number of esters is 1. The molecule has 3 aromatic rings. The number of fused-ring (bicyclic) bond motifs is 2. The van der Waals surface area contributed by atoms with Crippen LogP contribution in [-0.2, 0) is 11.2 Å². The molecule has 1 aliphatic rings. The van der Waals surface area contributed by atoms with Gasteiger partial charge in [-0.1, -0.05) is 18.2 Å². The van der Waals surface area contributed by atoms with Gasteiger partial charge < -0.3 is 13.9 Å². The maximum atomic E-state index is 12.4. The minimum absolute atomic E-state index is 0.325. The first-order valence-electron chi connectivity index (χ1n) is 8.44. The van der Waals surface area contributed by atoms with Crippen LogP contribution in [-0.4, -0.2) is 17.7 Å². The molecule has 1 aliphatic heterocycles. The van der Waals surface area contributed by atoms with Crippen LogP contribution >= 0.6 is 0 Å². The summed E-state index contributed by atoms with van der Waals surface area (Å²) in [5.41, 5.74) is 0.766. The van der Waals surface area contributed by atoms with Crippen molar-refractivity contribution < 1.29 is 18.7 Å². The average molecular weight is 350 g/mol. The van der Waals surface area contributed by atoms with Crippen molar-refractivity contribution in [1.29, 1.82) is 0 Å². The fraction of sp³-hybridized carbons (Fsp3) is 0.238. The summed E-state index contributed by atoms with van der Waals surface area (Å²) in [6, 6.07) is 15.7. The van der Waals surface area contributed by atoms with E-state index >= 15 is 0 Å².